The molecule has 1 atom stereocenters. The number of ether oxygens (including phenoxy) is 1. The zero-order valence-electron chi connectivity index (χ0n) is 11.1. The van der Waals surface area contributed by atoms with Crippen molar-refractivity contribution < 1.29 is 9.53 Å². The number of unbranched alkanes of at least 4 members (excludes halogenated alkanes) is 1. The van der Waals surface area contributed by atoms with Gasteiger partial charge in [-0.25, -0.2) is 0 Å². The van der Waals surface area contributed by atoms with Crippen LogP contribution < -0.4 is 4.74 Å². The Balaban J connectivity index is 2.51. The van der Waals surface area contributed by atoms with Gasteiger partial charge < -0.3 is 4.74 Å². The fraction of sp³-hybridized carbons (Fsp3) is 0.533. The van der Waals surface area contributed by atoms with Crippen LogP contribution in [0.1, 0.15) is 49.9 Å². The van der Waals surface area contributed by atoms with Crippen molar-refractivity contribution in [3.8, 4) is 5.75 Å². The second-order valence-corrected chi connectivity index (χ2v) is 5.38. The number of carbonyl (C=O) groups excluding carboxylic acids is 1. The van der Waals surface area contributed by atoms with Gasteiger partial charge in [0.05, 0.1) is 6.61 Å². The van der Waals surface area contributed by atoms with Gasteiger partial charge in [-0.15, -0.1) is 0 Å². The zero-order valence-corrected chi connectivity index (χ0v) is 12.7. The average Bonchev–Trinajstić information content (AvgIpc) is 2.39. The molecule has 0 aliphatic rings. The van der Waals surface area contributed by atoms with Gasteiger partial charge in [0.15, 0.2) is 6.29 Å². The molecule has 0 amide bonds. The molecule has 0 heterocycles. The molecule has 18 heavy (non-hydrogen) atoms. The lowest BCUT2D eigenvalue weighted by Gasteiger charge is -2.15. The monoisotopic (exact) mass is 312 g/mol. The summed E-state index contributed by atoms with van der Waals surface area (Å²) in [5, 5.41) is 0. The number of hydrogen-bond acceptors (Lipinski definition) is 2. The summed E-state index contributed by atoms with van der Waals surface area (Å²) in [4.78, 5) is 10.7. The third kappa shape index (κ3) is 4.81. The molecule has 0 saturated heterocycles. The van der Waals surface area contributed by atoms with Gasteiger partial charge in [0.25, 0.3) is 0 Å². The molecule has 0 N–H and O–H groups in total. The maximum atomic E-state index is 10.7. The lowest BCUT2D eigenvalue weighted by atomic mass is 10.0. The third-order valence-corrected chi connectivity index (χ3v) is 3.81. The van der Waals surface area contributed by atoms with Crippen LogP contribution in [-0.4, -0.2) is 12.9 Å². The molecule has 1 aromatic rings. The normalized spacial score (nSPS) is 12.2. The van der Waals surface area contributed by atoms with Crippen molar-refractivity contribution in [2.24, 2.45) is 5.92 Å². The molecule has 2 nitrogen and oxygen atoms in total. The molecular weight excluding hydrogens is 292 g/mol. The Kier molecular flexibility index (Phi) is 7.02. The molecule has 0 bridgehead atoms. The van der Waals surface area contributed by atoms with Crippen molar-refractivity contribution in [2.45, 2.75) is 39.5 Å². The van der Waals surface area contributed by atoms with E-state index in [1.807, 2.05) is 12.1 Å². The lowest BCUT2D eigenvalue weighted by molar-refractivity contribution is 0.112. The Hall–Kier alpha value is -0.830. The molecule has 0 fully saturated rings. The molecule has 1 aromatic carbocycles. The van der Waals surface area contributed by atoms with E-state index in [0.717, 1.165) is 29.5 Å². The van der Waals surface area contributed by atoms with E-state index < -0.39 is 0 Å². The molecule has 0 aliphatic carbocycles. The first-order valence-electron chi connectivity index (χ1n) is 6.58. The molecule has 3 heteroatoms. The van der Waals surface area contributed by atoms with E-state index in [1.165, 1.54) is 19.3 Å². The SMILES string of the molecule is CCCCC(CC)COc1ccc(C=O)c(Br)c1. The van der Waals surface area contributed by atoms with Crippen molar-refractivity contribution in [2.75, 3.05) is 6.61 Å². The van der Waals surface area contributed by atoms with Crippen molar-refractivity contribution >= 4 is 22.2 Å². The molecule has 100 valence electrons. The second kappa shape index (κ2) is 8.30. The molecule has 0 spiro atoms. The van der Waals surface area contributed by atoms with Gasteiger partial charge in [-0.1, -0.05) is 33.1 Å². The van der Waals surface area contributed by atoms with E-state index in [9.17, 15) is 4.79 Å². The number of hydrogen-bond donors (Lipinski definition) is 0. The van der Waals surface area contributed by atoms with E-state index in [2.05, 4.69) is 29.8 Å². The first-order chi connectivity index (χ1) is 8.71. The summed E-state index contributed by atoms with van der Waals surface area (Å²) >= 11 is 3.36. The van der Waals surface area contributed by atoms with Gasteiger partial charge in [-0.3, -0.25) is 4.79 Å². The number of benzene rings is 1. The van der Waals surface area contributed by atoms with Crippen LogP contribution in [0.15, 0.2) is 22.7 Å². The standard InChI is InChI=1S/C15H21BrO2/c1-3-5-6-12(4-2)11-18-14-8-7-13(10-17)15(16)9-14/h7-10,12H,3-6,11H2,1-2H3. The summed E-state index contributed by atoms with van der Waals surface area (Å²) in [6.07, 6.45) is 5.70. The van der Waals surface area contributed by atoms with Crippen molar-refractivity contribution in [3.63, 3.8) is 0 Å². The predicted molar refractivity (Wildman–Crippen MR) is 78.3 cm³/mol. The highest BCUT2D eigenvalue weighted by molar-refractivity contribution is 9.10. The van der Waals surface area contributed by atoms with Crippen LogP contribution in [0, 0.1) is 5.92 Å². The summed E-state index contributed by atoms with van der Waals surface area (Å²) in [6, 6.07) is 5.48. The summed E-state index contributed by atoms with van der Waals surface area (Å²) in [7, 11) is 0. The molecule has 0 radical (unpaired) electrons. The molecule has 0 aromatic heterocycles. The minimum atomic E-state index is 0.620. The highest BCUT2D eigenvalue weighted by Crippen LogP contribution is 2.23. The van der Waals surface area contributed by atoms with Gasteiger partial charge in [-0.2, -0.15) is 0 Å². The van der Waals surface area contributed by atoms with E-state index in [0.29, 0.717) is 11.5 Å². The van der Waals surface area contributed by atoms with E-state index in [4.69, 9.17) is 4.74 Å². The molecule has 1 rings (SSSR count). The van der Waals surface area contributed by atoms with Crippen molar-refractivity contribution in [1.29, 1.82) is 0 Å². The van der Waals surface area contributed by atoms with E-state index in [1.54, 1.807) is 6.07 Å². The maximum Gasteiger partial charge on any atom is 0.151 e. The van der Waals surface area contributed by atoms with E-state index in [-0.39, 0.29) is 0 Å². The quantitative estimate of drug-likeness (QED) is 0.641. The van der Waals surface area contributed by atoms with Gasteiger partial charge in [0, 0.05) is 10.0 Å². The van der Waals surface area contributed by atoms with Crippen LogP contribution in [-0.2, 0) is 0 Å². The number of rotatable bonds is 8. The fourth-order valence-corrected chi connectivity index (χ4v) is 2.26. The van der Waals surface area contributed by atoms with Crippen LogP contribution in [0.25, 0.3) is 0 Å². The number of halogens is 1. The number of aldehydes is 1. The summed E-state index contributed by atoms with van der Waals surface area (Å²) in [5.41, 5.74) is 0.653. The van der Waals surface area contributed by atoms with Crippen LogP contribution in [0.5, 0.6) is 5.75 Å². The zero-order chi connectivity index (χ0) is 13.4. The largest absolute Gasteiger partial charge is 0.493 e. The predicted octanol–water partition coefficient (Wildman–Crippen LogP) is 4.86. The summed E-state index contributed by atoms with van der Waals surface area (Å²) in [5.74, 6) is 1.44. The Bertz CT molecular complexity index is 377. The smallest absolute Gasteiger partial charge is 0.151 e. The Labute approximate surface area is 118 Å². The second-order valence-electron chi connectivity index (χ2n) is 4.53. The number of carbonyl (C=O) groups is 1. The van der Waals surface area contributed by atoms with Crippen LogP contribution in [0.4, 0.5) is 0 Å². The summed E-state index contributed by atoms with van der Waals surface area (Å²) < 4.78 is 6.58. The van der Waals surface area contributed by atoms with Crippen molar-refractivity contribution in [3.05, 3.63) is 28.2 Å². The topological polar surface area (TPSA) is 26.3 Å². The Morgan fingerprint density at radius 1 is 1.39 bits per heavy atom. The highest BCUT2D eigenvalue weighted by atomic mass is 79.9. The van der Waals surface area contributed by atoms with Crippen LogP contribution >= 0.6 is 15.9 Å². The molecular formula is C15H21BrO2. The molecule has 0 aliphatic heterocycles. The maximum absolute atomic E-state index is 10.7. The third-order valence-electron chi connectivity index (χ3n) is 3.13. The first-order valence-corrected chi connectivity index (χ1v) is 7.38. The average molecular weight is 313 g/mol. The first kappa shape index (κ1) is 15.2. The minimum Gasteiger partial charge on any atom is -0.493 e. The minimum absolute atomic E-state index is 0.620. The van der Waals surface area contributed by atoms with Crippen LogP contribution in [0.3, 0.4) is 0 Å². The van der Waals surface area contributed by atoms with Gasteiger partial charge in [0.1, 0.15) is 5.75 Å². The summed E-state index contributed by atoms with van der Waals surface area (Å²) in [6.45, 7) is 5.17. The Morgan fingerprint density at radius 3 is 2.72 bits per heavy atom. The van der Waals surface area contributed by atoms with Gasteiger partial charge in [-0.05, 0) is 46.5 Å². The lowest BCUT2D eigenvalue weighted by Crippen LogP contribution is -2.11. The van der Waals surface area contributed by atoms with Gasteiger partial charge >= 0.3 is 0 Å². The highest BCUT2D eigenvalue weighted by Gasteiger charge is 2.07. The molecule has 0 saturated carbocycles. The van der Waals surface area contributed by atoms with Gasteiger partial charge in [0.2, 0.25) is 0 Å². The fourth-order valence-electron chi connectivity index (χ4n) is 1.81. The van der Waals surface area contributed by atoms with Crippen molar-refractivity contribution in [1.82, 2.24) is 0 Å². The Morgan fingerprint density at radius 2 is 2.17 bits per heavy atom. The van der Waals surface area contributed by atoms with E-state index >= 15 is 0 Å². The molecule has 1 unspecified atom stereocenters. The van der Waals surface area contributed by atoms with Crippen LogP contribution in [0.2, 0.25) is 0 Å².